The van der Waals surface area contributed by atoms with Gasteiger partial charge in [0, 0.05) is 6.04 Å². The van der Waals surface area contributed by atoms with Gasteiger partial charge < -0.3 is 5.32 Å². The van der Waals surface area contributed by atoms with Crippen molar-refractivity contribution in [1.29, 1.82) is 0 Å². The van der Waals surface area contributed by atoms with Crippen molar-refractivity contribution in [3.05, 3.63) is 34.9 Å². The lowest BCUT2D eigenvalue weighted by Gasteiger charge is -2.30. The van der Waals surface area contributed by atoms with Crippen LogP contribution in [0.5, 0.6) is 0 Å². The maximum atomic E-state index is 12.3. The smallest absolute Gasteiger partial charge is 0.154 e. The van der Waals surface area contributed by atoms with Gasteiger partial charge in [-0.25, -0.2) is 8.42 Å². The third-order valence-corrected chi connectivity index (χ3v) is 6.74. The van der Waals surface area contributed by atoms with E-state index >= 15 is 0 Å². The molecule has 0 spiro atoms. The van der Waals surface area contributed by atoms with Gasteiger partial charge in [0.25, 0.3) is 0 Å². The van der Waals surface area contributed by atoms with Gasteiger partial charge in [-0.2, -0.15) is 0 Å². The molecule has 2 rings (SSSR count). The van der Waals surface area contributed by atoms with Crippen molar-refractivity contribution in [2.75, 3.05) is 12.8 Å². The van der Waals surface area contributed by atoms with E-state index in [1.165, 1.54) is 16.7 Å². The second-order valence-corrected chi connectivity index (χ2v) is 8.27. The predicted molar refractivity (Wildman–Crippen MR) is 83.9 cm³/mol. The fraction of sp³-hybridized carbons (Fsp3) is 0.625. The fourth-order valence-electron chi connectivity index (χ4n) is 3.11. The number of benzene rings is 1. The molecule has 0 radical (unpaired) electrons. The summed E-state index contributed by atoms with van der Waals surface area (Å²) in [7, 11) is -1.07. The molecule has 2 unspecified atom stereocenters. The Kier molecular flexibility index (Phi) is 4.86. The first-order chi connectivity index (χ1) is 9.44. The minimum Gasteiger partial charge on any atom is -0.315 e. The van der Waals surface area contributed by atoms with Crippen molar-refractivity contribution >= 4 is 9.84 Å². The standard InChI is InChI=1S/C16H25NO2S/c1-12-7-8-13(2)14(10-12)11-15(17-3)16-6-4-5-9-20(16,18)19/h7-8,10,15-17H,4-6,9,11H2,1-3H3. The van der Waals surface area contributed by atoms with Crippen molar-refractivity contribution in [3.8, 4) is 0 Å². The lowest BCUT2D eigenvalue weighted by Crippen LogP contribution is -2.46. The van der Waals surface area contributed by atoms with E-state index in [1.54, 1.807) is 0 Å². The van der Waals surface area contributed by atoms with Gasteiger partial charge in [-0.1, -0.05) is 30.2 Å². The Bertz CT molecular complexity index is 566. The first-order valence-electron chi connectivity index (χ1n) is 7.39. The third kappa shape index (κ3) is 3.41. The third-order valence-electron chi connectivity index (χ3n) is 4.39. The molecule has 1 aliphatic rings. The zero-order chi connectivity index (χ0) is 14.8. The highest BCUT2D eigenvalue weighted by Crippen LogP contribution is 2.25. The van der Waals surface area contributed by atoms with E-state index in [2.05, 4.69) is 37.4 Å². The zero-order valence-electron chi connectivity index (χ0n) is 12.6. The van der Waals surface area contributed by atoms with Crippen LogP contribution in [0.2, 0.25) is 0 Å². The van der Waals surface area contributed by atoms with Crippen LogP contribution < -0.4 is 5.32 Å². The van der Waals surface area contributed by atoms with Crippen LogP contribution in [-0.2, 0) is 16.3 Å². The summed E-state index contributed by atoms with van der Waals surface area (Å²) in [6, 6.07) is 6.41. The molecule has 0 aromatic heterocycles. The Balaban J connectivity index is 2.22. The van der Waals surface area contributed by atoms with Crippen LogP contribution in [0.15, 0.2) is 18.2 Å². The molecule has 0 bridgehead atoms. The summed E-state index contributed by atoms with van der Waals surface area (Å²) >= 11 is 0. The fourth-order valence-corrected chi connectivity index (χ4v) is 5.28. The molecule has 2 atom stereocenters. The van der Waals surface area contributed by atoms with Gasteiger partial charge in [-0.3, -0.25) is 0 Å². The monoisotopic (exact) mass is 295 g/mol. The topological polar surface area (TPSA) is 46.2 Å². The van der Waals surface area contributed by atoms with E-state index in [4.69, 9.17) is 0 Å². The van der Waals surface area contributed by atoms with Crippen LogP contribution in [0.3, 0.4) is 0 Å². The summed E-state index contributed by atoms with van der Waals surface area (Å²) in [5.41, 5.74) is 3.72. The van der Waals surface area contributed by atoms with E-state index < -0.39 is 9.84 Å². The Morgan fingerprint density at radius 2 is 2.05 bits per heavy atom. The van der Waals surface area contributed by atoms with Crippen molar-refractivity contribution < 1.29 is 8.42 Å². The molecule has 1 fully saturated rings. The van der Waals surface area contributed by atoms with Crippen molar-refractivity contribution in [1.82, 2.24) is 5.32 Å². The summed E-state index contributed by atoms with van der Waals surface area (Å²) in [6.07, 6.45) is 3.42. The minimum atomic E-state index is -2.94. The van der Waals surface area contributed by atoms with E-state index in [9.17, 15) is 8.42 Å². The molecule has 1 heterocycles. The Morgan fingerprint density at radius 3 is 2.70 bits per heavy atom. The molecule has 1 aromatic carbocycles. The highest BCUT2D eigenvalue weighted by Gasteiger charge is 2.34. The SMILES string of the molecule is CNC(Cc1cc(C)ccc1C)C1CCCCS1(=O)=O. The van der Waals surface area contributed by atoms with Gasteiger partial charge in [-0.05, 0) is 51.3 Å². The molecule has 4 heteroatoms. The molecule has 1 aliphatic heterocycles. The van der Waals surface area contributed by atoms with Gasteiger partial charge in [0.2, 0.25) is 0 Å². The number of hydrogen-bond acceptors (Lipinski definition) is 3. The average Bonchev–Trinajstić information content (AvgIpc) is 2.40. The molecule has 1 N–H and O–H groups in total. The molecule has 20 heavy (non-hydrogen) atoms. The van der Waals surface area contributed by atoms with E-state index in [-0.39, 0.29) is 11.3 Å². The number of sulfone groups is 1. The number of hydrogen-bond donors (Lipinski definition) is 1. The van der Waals surface area contributed by atoms with Crippen LogP contribution in [0, 0.1) is 13.8 Å². The van der Waals surface area contributed by atoms with Gasteiger partial charge >= 0.3 is 0 Å². The van der Waals surface area contributed by atoms with Crippen LogP contribution in [0.25, 0.3) is 0 Å². The Morgan fingerprint density at radius 1 is 1.30 bits per heavy atom. The number of rotatable bonds is 4. The number of likely N-dealkylation sites (N-methyl/N-ethyl adjacent to an activating group) is 1. The van der Waals surface area contributed by atoms with E-state index in [1.807, 2.05) is 7.05 Å². The maximum Gasteiger partial charge on any atom is 0.154 e. The normalized spacial score (nSPS) is 23.4. The Labute approximate surface area is 122 Å². The molecule has 3 nitrogen and oxygen atoms in total. The quantitative estimate of drug-likeness (QED) is 0.928. The van der Waals surface area contributed by atoms with E-state index in [0.29, 0.717) is 5.75 Å². The van der Waals surface area contributed by atoms with Crippen LogP contribution in [0.1, 0.15) is 36.0 Å². The molecule has 1 aromatic rings. The van der Waals surface area contributed by atoms with Gasteiger partial charge in [0.05, 0.1) is 11.0 Å². The summed E-state index contributed by atoms with van der Waals surface area (Å²) in [5.74, 6) is 0.350. The van der Waals surface area contributed by atoms with Crippen LogP contribution in [0.4, 0.5) is 0 Å². The summed E-state index contributed by atoms with van der Waals surface area (Å²) in [5, 5.41) is 3.01. The first-order valence-corrected chi connectivity index (χ1v) is 9.10. The minimum absolute atomic E-state index is 0.0146. The summed E-state index contributed by atoms with van der Waals surface area (Å²) in [4.78, 5) is 0. The van der Waals surface area contributed by atoms with Gasteiger partial charge in [0.1, 0.15) is 0 Å². The number of nitrogens with one attached hydrogen (secondary N) is 1. The maximum absolute atomic E-state index is 12.3. The molecular weight excluding hydrogens is 270 g/mol. The average molecular weight is 295 g/mol. The number of aryl methyl sites for hydroxylation is 2. The lowest BCUT2D eigenvalue weighted by atomic mass is 9.95. The van der Waals surface area contributed by atoms with Crippen molar-refractivity contribution in [2.24, 2.45) is 0 Å². The highest BCUT2D eigenvalue weighted by molar-refractivity contribution is 7.92. The van der Waals surface area contributed by atoms with Gasteiger partial charge in [0.15, 0.2) is 9.84 Å². The molecule has 112 valence electrons. The largest absolute Gasteiger partial charge is 0.315 e. The van der Waals surface area contributed by atoms with E-state index in [0.717, 1.165) is 25.7 Å². The van der Waals surface area contributed by atoms with Crippen LogP contribution >= 0.6 is 0 Å². The second-order valence-electron chi connectivity index (χ2n) is 5.93. The first kappa shape index (κ1) is 15.5. The molecular formula is C16H25NO2S. The van der Waals surface area contributed by atoms with Crippen molar-refractivity contribution in [3.63, 3.8) is 0 Å². The molecule has 0 amide bonds. The zero-order valence-corrected chi connectivity index (χ0v) is 13.5. The molecule has 0 aliphatic carbocycles. The van der Waals surface area contributed by atoms with Crippen LogP contribution in [-0.4, -0.2) is 32.5 Å². The Hall–Kier alpha value is -0.870. The molecule has 0 saturated carbocycles. The summed E-state index contributed by atoms with van der Waals surface area (Å²) < 4.78 is 24.6. The lowest BCUT2D eigenvalue weighted by molar-refractivity contribution is 0.456. The molecule has 1 saturated heterocycles. The van der Waals surface area contributed by atoms with Crippen molar-refractivity contribution in [2.45, 2.75) is 50.8 Å². The predicted octanol–water partition coefficient (Wildman–Crippen LogP) is 2.40. The highest BCUT2D eigenvalue weighted by atomic mass is 32.2. The van der Waals surface area contributed by atoms with Gasteiger partial charge in [-0.15, -0.1) is 0 Å². The second kappa shape index (κ2) is 6.27. The summed E-state index contributed by atoms with van der Waals surface area (Å²) in [6.45, 7) is 4.17.